The number of carbonyl (C=O) groups excluding carboxylic acids is 1. The van der Waals surface area contributed by atoms with Crippen LogP contribution in [0.3, 0.4) is 0 Å². The van der Waals surface area contributed by atoms with Crippen LogP contribution in [-0.4, -0.2) is 20.5 Å². The number of thiophene rings is 1. The zero-order valence-electron chi connectivity index (χ0n) is 16.9. The minimum atomic E-state index is -0.353. The van der Waals surface area contributed by atoms with Gasteiger partial charge in [-0.05, 0) is 31.2 Å². The summed E-state index contributed by atoms with van der Waals surface area (Å²) >= 11 is 3.16. The average Bonchev–Trinajstić information content (AvgIpc) is 3.43. The van der Waals surface area contributed by atoms with E-state index in [9.17, 15) is 9.59 Å². The molecule has 8 heteroatoms. The fourth-order valence-electron chi connectivity index (χ4n) is 3.87. The molecule has 3 heterocycles. The van der Waals surface area contributed by atoms with E-state index in [2.05, 4.69) is 9.97 Å². The van der Waals surface area contributed by atoms with E-state index in [4.69, 9.17) is 4.74 Å². The summed E-state index contributed by atoms with van der Waals surface area (Å²) in [6.07, 6.45) is 5.93. The lowest BCUT2D eigenvalue weighted by Gasteiger charge is -2.10. The zero-order chi connectivity index (χ0) is 21.2. The highest BCUT2D eigenvalue weighted by atomic mass is 32.1. The number of esters is 1. The molecule has 0 saturated carbocycles. The van der Waals surface area contributed by atoms with Crippen LogP contribution in [0.1, 0.15) is 35.4 Å². The molecule has 0 amide bonds. The molecule has 0 bridgehead atoms. The average molecular weight is 452 g/mol. The number of thiazole rings is 1. The second-order valence-electron chi connectivity index (χ2n) is 7.55. The molecule has 5 rings (SSSR count). The Bertz CT molecular complexity index is 1290. The summed E-state index contributed by atoms with van der Waals surface area (Å²) < 4.78 is 6.90. The van der Waals surface area contributed by atoms with Crippen LogP contribution in [0.2, 0.25) is 0 Å². The van der Waals surface area contributed by atoms with Gasteiger partial charge in [-0.2, -0.15) is 0 Å². The van der Waals surface area contributed by atoms with E-state index in [1.807, 2.05) is 35.7 Å². The van der Waals surface area contributed by atoms with E-state index < -0.39 is 0 Å². The summed E-state index contributed by atoms with van der Waals surface area (Å²) in [5, 5.41) is 3.54. The first-order valence-electron chi connectivity index (χ1n) is 10.3. The van der Waals surface area contributed by atoms with Gasteiger partial charge < -0.3 is 4.74 Å². The predicted octanol–water partition coefficient (Wildman–Crippen LogP) is 4.59. The first-order valence-corrected chi connectivity index (χ1v) is 12.0. The van der Waals surface area contributed by atoms with Crippen LogP contribution in [0, 0.1) is 0 Å². The minimum absolute atomic E-state index is 0.0517. The standard InChI is InChI=1S/C23H21N3O3S2/c27-19(29-12-16-13-30-21(25-16)15-6-2-1-3-7-15)10-11-26-14-24-22-20(23(26)28)17-8-4-5-9-18(17)31-22/h1-3,6-7,13-14H,4-5,8-12H2. The van der Waals surface area contributed by atoms with Crippen LogP contribution in [0.5, 0.6) is 0 Å². The fourth-order valence-corrected chi connectivity index (χ4v) is 5.90. The van der Waals surface area contributed by atoms with Crippen LogP contribution in [0.4, 0.5) is 0 Å². The first kappa shape index (κ1) is 20.1. The van der Waals surface area contributed by atoms with Gasteiger partial charge in [-0.1, -0.05) is 30.3 Å². The maximum Gasteiger partial charge on any atom is 0.307 e. The summed E-state index contributed by atoms with van der Waals surface area (Å²) in [4.78, 5) is 36.3. The third kappa shape index (κ3) is 4.18. The zero-order valence-corrected chi connectivity index (χ0v) is 18.5. The highest BCUT2D eigenvalue weighted by Gasteiger charge is 2.20. The molecule has 1 aromatic carbocycles. The van der Waals surface area contributed by atoms with Gasteiger partial charge in [-0.3, -0.25) is 14.2 Å². The fraction of sp³-hybridized carbons (Fsp3) is 0.304. The third-order valence-corrected chi connectivity index (χ3v) is 7.59. The van der Waals surface area contributed by atoms with Crippen molar-refractivity contribution in [1.29, 1.82) is 0 Å². The van der Waals surface area contributed by atoms with Crippen LogP contribution in [0.25, 0.3) is 20.8 Å². The van der Waals surface area contributed by atoms with Crippen molar-refractivity contribution in [3.05, 3.63) is 68.5 Å². The molecule has 0 N–H and O–H groups in total. The molecular formula is C23H21N3O3S2. The molecule has 31 heavy (non-hydrogen) atoms. The van der Waals surface area contributed by atoms with Crippen molar-refractivity contribution in [3.8, 4) is 10.6 Å². The van der Waals surface area contributed by atoms with Crippen LogP contribution in [0.15, 0.2) is 46.8 Å². The van der Waals surface area contributed by atoms with Gasteiger partial charge in [0.1, 0.15) is 16.4 Å². The van der Waals surface area contributed by atoms with Gasteiger partial charge in [0.05, 0.1) is 23.8 Å². The quantitative estimate of drug-likeness (QED) is 0.401. The molecule has 1 aliphatic rings. The van der Waals surface area contributed by atoms with Crippen molar-refractivity contribution in [3.63, 3.8) is 0 Å². The molecule has 1 aliphatic carbocycles. The Morgan fingerprint density at radius 3 is 2.87 bits per heavy atom. The molecule has 0 atom stereocenters. The van der Waals surface area contributed by atoms with Gasteiger partial charge in [0.15, 0.2) is 0 Å². The van der Waals surface area contributed by atoms with Crippen molar-refractivity contribution in [2.24, 2.45) is 0 Å². The Balaban J connectivity index is 1.21. The van der Waals surface area contributed by atoms with Gasteiger partial charge in [-0.15, -0.1) is 22.7 Å². The largest absolute Gasteiger partial charge is 0.459 e. The number of aryl methyl sites for hydroxylation is 3. The van der Waals surface area contributed by atoms with E-state index in [1.165, 1.54) is 32.8 Å². The number of rotatable bonds is 6. The molecule has 0 radical (unpaired) electrons. The van der Waals surface area contributed by atoms with Crippen LogP contribution >= 0.6 is 22.7 Å². The molecule has 0 spiro atoms. The minimum Gasteiger partial charge on any atom is -0.459 e. The lowest BCUT2D eigenvalue weighted by molar-refractivity contribution is -0.145. The second-order valence-corrected chi connectivity index (χ2v) is 9.50. The highest BCUT2D eigenvalue weighted by molar-refractivity contribution is 7.18. The SMILES string of the molecule is O=C(CCn1cnc2sc3c(c2c1=O)CCCC3)OCc1csc(-c2ccccc2)n1. The molecule has 0 fully saturated rings. The van der Waals surface area contributed by atoms with E-state index in [0.29, 0.717) is 0 Å². The summed E-state index contributed by atoms with van der Waals surface area (Å²) in [5.74, 6) is -0.353. The number of nitrogens with zero attached hydrogens (tertiary/aromatic N) is 3. The number of aromatic nitrogens is 3. The van der Waals surface area contributed by atoms with E-state index >= 15 is 0 Å². The topological polar surface area (TPSA) is 74.1 Å². The molecule has 0 saturated heterocycles. The number of hydrogen-bond acceptors (Lipinski definition) is 7. The molecule has 0 unspecified atom stereocenters. The predicted molar refractivity (Wildman–Crippen MR) is 122 cm³/mol. The van der Waals surface area contributed by atoms with Gasteiger partial charge in [-0.25, -0.2) is 9.97 Å². The van der Waals surface area contributed by atoms with Crippen LogP contribution < -0.4 is 5.56 Å². The summed E-state index contributed by atoms with van der Waals surface area (Å²) in [5.41, 5.74) is 2.88. The smallest absolute Gasteiger partial charge is 0.307 e. The highest BCUT2D eigenvalue weighted by Crippen LogP contribution is 2.33. The van der Waals surface area contributed by atoms with E-state index in [-0.39, 0.29) is 31.1 Å². The molecule has 6 nitrogen and oxygen atoms in total. The Morgan fingerprint density at radius 2 is 2.00 bits per heavy atom. The number of hydrogen-bond donors (Lipinski definition) is 0. The second kappa shape index (κ2) is 8.72. The first-order chi connectivity index (χ1) is 15.2. The number of carbonyl (C=O) groups is 1. The normalized spacial score (nSPS) is 13.3. The number of benzene rings is 1. The Labute approximate surface area is 187 Å². The molecular weight excluding hydrogens is 430 g/mol. The third-order valence-electron chi connectivity index (χ3n) is 5.45. The summed E-state index contributed by atoms with van der Waals surface area (Å²) in [6, 6.07) is 9.90. The van der Waals surface area contributed by atoms with Gasteiger partial charge in [0, 0.05) is 22.4 Å². The molecule has 0 aliphatic heterocycles. The van der Waals surface area contributed by atoms with Gasteiger partial charge >= 0.3 is 5.97 Å². The lowest BCUT2D eigenvalue weighted by atomic mass is 9.97. The number of fused-ring (bicyclic) bond motifs is 3. The van der Waals surface area contributed by atoms with Gasteiger partial charge in [0.2, 0.25) is 0 Å². The van der Waals surface area contributed by atoms with Crippen molar-refractivity contribution < 1.29 is 9.53 Å². The Kier molecular flexibility index (Phi) is 5.65. The molecule has 4 aromatic rings. The van der Waals surface area contributed by atoms with Gasteiger partial charge in [0.25, 0.3) is 5.56 Å². The summed E-state index contributed by atoms with van der Waals surface area (Å²) in [6.45, 7) is 0.393. The molecule has 158 valence electrons. The monoisotopic (exact) mass is 451 g/mol. The summed E-state index contributed by atoms with van der Waals surface area (Å²) in [7, 11) is 0. The maximum absolute atomic E-state index is 13.0. The Hall–Kier alpha value is -2.84. The van der Waals surface area contributed by atoms with Crippen molar-refractivity contribution in [2.75, 3.05) is 0 Å². The Morgan fingerprint density at radius 1 is 1.16 bits per heavy atom. The maximum atomic E-state index is 13.0. The van der Waals surface area contributed by atoms with Crippen molar-refractivity contribution in [2.45, 2.75) is 45.3 Å². The van der Waals surface area contributed by atoms with Crippen LogP contribution in [-0.2, 0) is 35.5 Å². The van der Waals surface area contributed by atoms with E-state index in [0.717, 1.165) is 45.7 Å². The van der Waals surface area contributed by atoms with E-state index in [1.54, 1.807) is 17.7 Å². The van der Waals surface area contributed by atoms with Crippen molar-refractivity contribution >= 4 is 38.9 Å². The lowest BCUT2D eigenvalue weighted by Crippen LogP contribution is -2.23. The van der Waals surface area contributed by atoms with Crippen molar-refractivity contribution in [1.82, 2.24) is 14.5 Å². The molecule has 3 aromatic heterocycles. The number of ether oxygens (including phenoxy) is 1.